The van der Waals surface area contributed by atoms with Crippen LogP contribution < -0.4 is 10.2 Å². The zero-order chi connectivity index (χ0) is 15.6. The molecule has 21 heavy (non-hydrogen) atoms. The van der Waals surface area contributed by atoms with Crippen LogP contribution in [0.5, 0.6) is 0 Å². The molecule has 0 bridgehead atoms. The molecular weight excluding hydrogens is 264 g/mol. The molecule has 2 unspecified atom stereocenters. The molecule has 5 heteroatoms. The zero-order valence-corrected chi connectivity index (χ0v) is 14.3. The van der Waals surface area contributed by atoms with Crippen LogP contribution in [0.1, 0.15) is 45.4 Å². The van der Waals surface area contributed by atoms with Gasteiger partial charge in [-0.2, -0.15) is 5.10 Å². The fourth-order valence-corrected chi connectivity index (χ4v) is 3.00. The van der Waals surface area contributed by atoms with Crippen LogP contribution in [-0.4, -0.2) is 41.1 Å². The van der Waals surface area contributed by atoms with E-state index in [4.69, 9.17) is 4.74 Å². The van der Waals surface area contributed by atoms with Gasteiger partial charge < -0.3 is 15.0 Å². The van der Waals surface area contributed by atoms with Crippen molar-refractivity contribution in [2.45, 2.75) is 65.8 Å². The van der Waals surface area contributed by atoms with Gasteiger partial charge in [-0.1, -0.05) is 20.8 Å². The van der Waals surface area contributed by atoms with E-state index in [1.165, 1.54) is 11.4 Å². The molecule has 0 radical (unpaired) electrons. The highest BCUT2D eigenvalue weighted by atomic mass is 16.5. The Bertz CT molecular complexity index is 469. The highest BCUT2D eigenvalue weighted by molar-refractivity contribution is 5.51. The van der Waals surface area contributed by atoms with Crippen molar-refractivity contribution in [3.63, 3.8) is 0 Å². The number of ether oxygens (including phenoxy) is 1. The first kappa shape index (κ1) is 16.3. The van der Waals surface area contributed by atoms with Gasteiger partial charge in [0.2, 0.25) is 0 Å². The van der Waals surface area contributed by atoms with Crippen LogP contribution in [0.4, 0.5) is 5.82 Å². The SMILES string of the molecule is CCC1COC(C)CN1c1c(CNC(C)C)c(C)nn1C. The average Bonchev–Trinajstić information content (AvgIpc) is 2.70. The van der Waals surface area contributed by atoms with E-state index < -0.39 is 0 Å². The summed E-state index contributed by atoms with van der Waals surface area (Å²) >= 11 is 0. The van der Waals surface area contributed by atoms with Crippen molar-refractivity contribution in [1.29, 1.82) is 0 Å². The smallest absolute Gasteiger partial charge is 0.131 e. The van der Waals surface area contributed by atoms with Crippen molar-refractivity contribution in [3.05, 3.63) is 11.3 Å². The maximum atomic E-state index is 5.83. The van der Waals surface area contributed by atoms with Crippen LogP contribution >= 0.6 is 0 Å². The number of aromatic nitrogens is 2. The van der Waals surface area contributed by atoms with Gasteiger partial charge in [0, 0.05) is 31.7 Å². The minimum absolute atomic E-state index is 0.272. The number of hydrogen-bond acceptors (Lipinski definition) is 4. The number of morpholine rings is 1. The van der Waals surface area contributed by atoms with Gasteiger partial charge in [-0.3, -0.25) is 4.68 Å². The van der Waals surface area contributed by atoms with Crippen molar-refractivity contribution in [2.24, 2.45) is 7.05 Å². The summed E-state index contributed by atoms with van der Waals surface area (Å²) in [6.45, 7) is 13.4. The molecule has 1 aromatic heterocycles. The molecule has 1 saturated heterocycles. The van der Waals surface area contributed by atoms with Crippen molar-refractivity contribution in [1.82, 2.24) is 15.1 Å². The van der Waals surface area contributed by atoms with E-state index in [-0.39, 0.29) is 6.10 Å². The zero-order valence-electron chi connectivity index (χ0n) is 14.3. The Labute approximate surface area is 128 Å². The van der Waals surface area contributed by atoms with E-state index >= 15 is 0 Å². The maximum Gasteiger partial charge on any atom is 0.131 e. The second-order valence-corrected chi connectivity index (χ2v) is 6.41. The second kappa shape index (κ2) is 6.79. The highest BCUT2D eigenvalue weighted by Crippen LogP contribution is 2.28. The molecule has 0 aromatic carbocycles. The van der Waals surface area contributed by atoms with Gasteiger partial charge in [0.15, 0.2) is 0 Å². The number of nitrogens with zero attached hydrogens (tertiary/aromatic N) is 3. The van der Waals surface area contributed by atoms with Crippen LogP contribution in [0.25, 0.3) is 0 Å². The first-order valence-corrected chi connectivity index (χ1v) is 8.08. The fourth-order valence-electron chi connectivity index (χ4n) is 3.00. The predicted octanol–water partition coefficient (Wildman–Crippen LogP) is 2.23. The van der Waals surface area contributed by atoms with Crippen LogP contribution in [0.2, 0.25) is 0 Å². The molecule has 1 N–H and O–H groups in total. The fraction of sp³-hybridized carbons (Fsp3) is 0.812. The van der Waals surface area contributed by atoms with Gasteiger partial charge in [0.05, 0.1) is 24.4 Å². The molecule has 2 atom stereocenters. The minimum Gasteiger partial charge on any atom is -0.375 e. The summed E-state index contributed by atoms with van der Waals surface area (Å²) in [5, 5.41) is 8.18. The van der Waals surface area contributed by atoms with Gasteiger partial charge in [0.1, 0.15) is 5.82 Å². The molecule has 0 aliphatic carbocycles. The topological polar surface area (TPSA) is 42.3 Å². The van der Waals surface area contributed by atoms with Crippen molar-refractivity contribution < 1.29 is 4.74 Å². The van der Waals surface area contributed by atoms with Crippen LogP contribution in [-0.2, 0) is 18.3 Å². The Balaban J connectivity index is 2.31. The van der Waals surface area contributed by atoms with Gasteiger partial charge in [-0.25, -0.2) is 0 Å². The van der Waals surface area contributed by atoms with E-state index in [9.17, 15) is 0 Å². The maximum absolute atomic E-state index is 5.83. The molecule has 2 heterocycles. The van der Waals surface area contributed by atoms with E-state index in [1.807, 2.05) is 11.7 Å². The third-order valence-corrected chi connectivity index (χ3v) is 4.21. The first-order chi connectivity index (χ1) is 9.93. The summed E-state index contributed by atoms with van der Waals surface area (Å²) in [6, 6.07) is 0.914. The average molecular weight is 294 g/mol. The van der Waals surface area contributed by atoms with E-state index in [2.05, 4.69) is 49.9 Å². The molecule has 1 fully saturated rings. The summed E-state index contributed by atoms with van der Waals surface area (Å²) in [5.41, 5.74) is 2.44. The van der Waals surface area contributed by atoms with Gasteiger partial charge >= 0.3 is 0 Å². The lowest BCUT2D eigenvalue weighted by Crippen LogP contribution is -2.49. The standard InChI is InChI=1S/C16H30N4O/c1-7-14-10-21-12(4)9-20(14)16-15(8-17-11(2)3)13(5)18-19(16)6/h11-12,14,17H,7-10H2,1-6H3. The summed E-state index contributed by atoms with van der Waals surface area (Å²) in [7, 11) is 2.05. The van der Waals surface area contributed by atoms with Gasteiger partial charge in [-0.15, -0.1) is 0 Å². The Morgan fingerprint density at radius 2 is 2.14 bits per heavy atom. The summed E-state index contributed by atoms with van der Waals surface area (Å²) in [4.78, 5) is 2.49. The normalized spacial score (nSPS) is 23.1. The first-order valence-electron chi connectivity index (χ1n) is 8.08. The number of nitrogens with one attached hydrogen (secondary N) is 1. The van der Waals surface area contributed by atoms with Crippen molar-refractivity contribution in [2.75, 3.05) is 18.1 Å². The number of hydrogen-bond donors (Lipinski definition) is 1. The van der Waals surface area contributed by atoms with Crippen molar-refractivity contribution >= 4 is 5.82 Å². The van der Waals surface area contributed by atoms with E-state index in [0.29, 0.717) is 12.1 Å². The molecule has 5 nitrogen and oxygen atoms in total. The Morgan fingerprint density at radius 1 is 1.43 bits per heavy atom. The molecule has 120 valence electrons. The monoisotopic (exact) mass is 294 g/mol. The minimum atomic E-state index is 0.272. The lowest BCUT2D eigenvalue weighted by Gasteiger charge is -2.40. The molecule has 0 amide bonds. The summed E-state index contributed by atoms with van der Waals surface area (Å²) < 4.78 is 7.87. The number of rotatable bonds is 5. The van der Waals surface area contributed by atoms with E-state index in [1.54, 1.807) is 0 Å². The van der Waals surface area contributed by atoms with Gasteiger partial charge in [0.25, 0.3) is 0 Å². The highest BCUT2D eigenvalue weighted by Gasteiger charge is 2.30. The molecule has 1 aliphatic rings. The second-order valence-electron chi connectivity index (χ2n) is 6.41. The molecule has 0 spiro atoms. The third-order valence-electron chi connectivity index (χ3n) is 4.21. The molecular formula is C16H30N4O. The van der Waals surface area contributed by atoms with Crippen LogP contribution in [0.3, 0.4) is 0 Å². The Morgan fingerprint density at radius 3 is 2.76 bits per heavy atom. The Kier molecular flexibility index (Phi) is 5.27. The Hall–Kier alpha value is -1.07. The third kappa shape index (κ3) is 3.58. The van der Waals surface area contributed by atoms with Crippen LogP contribution in [0, 0.1) is 6.92 Å². The lowest BCUT2D eigenvalue weighted by molar-refractivity contribution is 0.0292. The predicted molar refractivity (Wildman–Crippen MR) is 86.8 cm³/mol. The van der Waals surface area contributed by atoms with Crippen molar-refractivity contribution in [3.8, 4) is 0 Å². The number of anilines is 1. The molecule has 0 saturated carbocycles. The molecule has 1 aliphatic heterocycles. The summed E-state index contributed by atoms with van der Waals surface area (Å²) in [5.74, 6) is 1.25. The van der Waals surface area contributed by atoms with Gasteiger partial charge in [-0.05, 0) is 20.3 Å². The molecule has 1 aromatic rings. The lowest BCUT2D eigenvalue weighted by atomic mass is 10.1. The molecule has 2 rings (SSSR count). The quantitative estimate of drug-likeness (QED) is 0.904. The summed E-state index contributed by atoms with van der Waals surface area (Å²) in [6.07, 6.45) is 1.36. The van der Waals surface area contributed by atoms with E-state index in [0.717, 1.165) is 31.8 Å². The number of aryl methyl sites for hydroxylation is 2. The largest absolute Gasteiger partial charge is 0.375 e. The van der Waals surface area contributed by atoms with Crippen LogP contribution in [0.15, 0.2) is 0 Å².